The summed E-state index contributed by atoms with van der Waals surface area (Å²) in [7, 11) is 0. The van der Waals surface area contributed by atoms with Gasteiger partial charge in [-0.05, 0) is 30.6 Å². The van der Waals surface area contributed by atoms with Crippen LogP contribution in [0.25, 0.3) is 0 Å². The van der Waals surface area contributed by atoms with E-state index in [1.807, 2.05) is 0 Å². The van der Waals surface area contributed by atoms with E-state index in [0.29, 0.717) is 11.8 Å². The summed E-state index contributed by atoms with van der Waals surface area (Å²) < 4.78 is 0. The van der Waals surface area contributed by atoms with Crippen LogP contribution in [-0.2, 0) is 0 Å². The summed E-state index contributed by atoms with van der Waals surface area (Å²) in [6.45, 7) is -0.304. The first-order chi connectivity index (χ1) is 6.16. The molecule has 1 unspecified atom stereocenters. The lowest BCUT2D eigenvalue weighted by Crippen LogP contribution is -2.30. The van der Waals surface area contributed by atoms with Gasteiger partial charge in [-0.1, -0.05) is 12.2 Å². The lowest BCUT2D eigenvalue weighted by atomic mass is 9.88. The van der Waals surface area contributed by atoms with Gasteiger partial charge in [-0.25, -0.2) is 0 Å². The Morgan fingerprint density at radius 2 is 2.31 bits per heavy atom. The van der Waals surface area contributed by atoms with E-state index in [1.54, 1.807) is 0 Å². The Morgan fingerprint density at radius 1 is 1.54 bits per heavy atom. The van der Waals surface area contributed by atoms with Crippen LogP contribution in [0.5, 0.6) is 0 Å². The van der Waals surface area contributed by atoms with Gasteiger partial charge in [-0.3, -0.25) is 10.1 Å². The number of rotatable bonds is 3. The third kappa shape index (κ3) is 1.58. The summed E-state index contributed by atoms with van der Waals surface area (Å²) in [5.74, 6) is 1.08. The quantitative estimate of drug-likeness (QED) is 0.400. The van der Waals surface area contributed by atoms with Gasteiger partial charge in [0.25, 0.3) is 0 Å². The van der Waals surface area contributed by atoms with Gasteiger partial charge in [0.05, 0.1) is 0 Å². The lowest BCUT2D eigenvalue weighted by molar-refractivity contribution is -0.492. The first-order valence-corrected chi connectivity index (χ1v) is 4.65. The van der Waals surface area contributed by atoms with Crippen molar-refractivity contribution in [1.82, 2.24) is 0 Å². The van der Waals surface area contributed by atoms with Crippen LogP contribution < -0.4 is 0 Å². The standard InChI is InChI=1S/C9H13NO3/c11-9(5-10(12)13)8-4-6-1-2-7(8)3-6/h1-2,6-9,11H,3-5H2/t6-,7+,8-,9?/m1/s1. The van der Waals surface area contributed by atoms with Gasteiger partial charge in [0.2, 0.25) is 6.54 Å². The molecule has 0 aromatic heterocycles. The first-order valence-electron chi connectivity index (χ1n) is 4.65. The number of aliphatic hydroxyl groups excluding tert-OH is 1. The monoisotopic (exact) mass is 183 g/mol. The van der Waals surface area contributed by atoms with Crippen LogP contribution in [-0.4, -0.2) is 22.7 Å². The Kier molecular flexibility index (Phi) is 2.07. The fourth-order valence-electron chi connectivity index (χ4n) is 2.55. The molecule has 0 aliphatic heterocycles. The van der Waals surface area contributed by atoms with Gasteiger partial charge in [-0.15, -0.1) is 0 Å². The van der Waals surface area contributed by atoms with E-state index < -0.39 is 11.0 Å². The van der Waals surface area contributed by atoms with Crippen molar-refractivity contribution in [2.24, 2.45) is 17.8 Å². The third-order valence-electron chi connectivity index (χ3n) is 3.16. The Bertz CT molecular complexity index is 251. The molecule has 0 saturated heterocycles. The number of nitro groups is 1. The van der Waals surface area contributed by atoms with Crippen LogP contribution >= 0.6 is 0 Å². The molecule has 0 heterocycles. The lowest BCUT2D eigenvalue weighted by Gasteiger charge is -2.20. The van der Waals surface area contributed by atoms with Crippen molar-refractivity contribution in [2.75, 3.05) is 6.54 Å². The third-order valence-corrected chi connectivity index (χ3v) is 3.16. The van der Waals surface area contributed by atoms with Gasteiger partial charge in [0.15, 0.2) is 0 Å². The zero-order valence-electron chi connectivity index (χ0n) is 7.30. The minimum Gasteiger partial charge on any atom is -0.386 e. The Morgan fingerprint density at radius 3 is 2.77 bits per heavy atom. The average molecular weight is 183 g/mol. The molecule has 0 aromatic rings. The van der Waals surface area contributed by atoms with Crippen molar-refractivity contribution in [3.05, 3.63) is 22.3 Å². The fourth-order valence-corrected chi connectivity index (χ4v) is 2.55. The van der Waals surface area contributed by atoms with Gasteiger partial charge in [0.1, 0.15) is 6.10 Å². The molecule has 4 atom stereocenters. The minimum absolute atomic E-state index is 0.125. The summed E-state index contributed by atoms with van der Waals surface area (Å²) >= 11 is 0. The van der Waals surface area contributed by atoms with Crippen molar-refractivity contribution in [3.63, 3.8) is 0 Å². The molecular formula is C9H13NO3. The average Bonchev–Trinajstić information content (AvgIpc) is 2.62. The number of nitrogens with zero attached hydrogens (tertiary/aromatic N) is 1. The van der Waals surface area contributed by atoms with Crippen molar-refractivity contribution in [3.8, 4) is 0 Å². The Balaban J connectivity index is 1.95. The van der Waals surface area contributed by atoms with Gasteiger partial charge >= 0.3 is 0 Å². The SMILES string of the molecule is O=[N+]([O-])CC(O)[C@@H]1C[C@@H]2C=C[C@H]1C2. The summed E-state index contributed by atoms with van der Waals surface area (Å²) in [4.78, 5) is 9.77. The van der Waals surface area contributed by atoms with Crippen LogP contribution in [0.2, 0.25) is 0 Å². The van der Waals surface area contributed by atoms with Crippen molar-refractivity contribution in [1.29, 1.82) is 0 Å². The molecule has 1 N–H and O–H groups in total. The number of hydrogen-bond donors (Lipinski definition) is 1. The number of allylic oxidation sites excluding steroid dienone is 2. The van der Waals surface area contributed by atoms with Crippen molar-refractivity contribution >= 4 is 0 Å². The highest BCUT2D eigenvalue weighted by Gasteiger charge is 2.40. The molecule has 0 aromatic carbocycles. The zero-order valence-corrected chi connectivity index (χ0v) is 7.30. The second-order valence-electron chi connectivity index (χ2n) is 4.03. The minimum atomic E-state index is -0.755. The van der Waals surface area contributed by atoms with Crippen LogP contribution in [0.15, 0.2) is 12.2 Å². The zero-order chi connectivity index (χ0) is 9.42. The molecule has 1 saturated carbocycles. The number of aliphatic hydroxyl groups is 1. The number of hydrogen-bond acceptors (Lipinski definition) is 3. The predicted molar refractivity (Wildman–Crippen MR) is 46.7 cm³/mol. The maximum atomic E-state index is 10.2. The summed E-state index contributed by atoms with van der Waals surface area (Å²) in [5.41, 5.74) is 0. The van der Waals surface area contributed by atoms with E-state index in [0.717, 1.165) is 12.8 Å². The maximum absolute atomic E-state index is 10.2. The fraction of sp³-hybridized carbons (Fsp3) is 0.778. The van der Waals surface area contributed by atoms with Gasteiger partial charge < -0.3 is 5.11 Å². The maximum Gasteiger partial charge on any atom is 0.229 e. The molecule has 2 aliphatic rings. The smallest absolute Gasteiger partial charge is 0.229 e. The van der Waals surface area contributed by atoms with E-state index in [9.17, 15) is 15.2 Å². The van der Waals surface area contributed by atoms with E-state index in [4.69, 9.17) is 0 Å². The van der Waals surface area contributed by atoms with Crippen molar-refractivity contribution in [2.45, 2.75) is 18.9 Å². The normalized spacial score (nSPS) is 38.1. The molecule has 4 heteroatoms. The predicted octanol–water partition coefficient (Wildman–Crippen LogP) is 0.836. The molecule has 0 amide bonds. The summed E-state index contributed by atoms with van der Waals surface area (Å²) in [6, 6.07) is 0. The van der Waals surface area contributed by atoms with E-state index in [1.165, 1.54) is 0 Å². The highest BCUT2D eigenvalue weighted by molar-refractivity contribution is 5.11. The van der Waals surface area contributed by atoms with E-state index >= 15 is 0 Å². The second-order valence-corrected chi connectivity index (χ2v) is 4.03. The summed E-state index contributed by atoms with van der Waals surface area (Å²) in [5, 5.41) is 19.8. The molecule has 13 heavy (non-hydrogen) atoms. The van der Waals surface area contributed by atoms with Crippen LogP contribution in [0, 0.1) is 27.9 Å². The Labute approximate surface area is 76.4 Å². The number of fused-ring (bicyclic) bond motifs is 2. The Hall–Kier alpha value is -0.900. The molecule has 2 bridgehead atoms. The second kappa shape index (κ2) is 3.10. The molecular weight excluding hydrogens is 170 g/mol. The topological polar surface area (TPSA) is 63.4 Å². The molecule has 0 spiro atoms. The highest BCUT2D eigenvalue weighted by atomic mass is 16.6. The van der Waals surface area contributed by atoms with Crippen LogP contribution in [0.3, 0.4) is 0 Å². The largest absolute Gasteiger partial charge is 0.386 e. The molecule has 4 nitrogen and oxygen atoms in total. The van der Waals surface area contributed by atoms with Crippen LogP contribution in [0.1, 0.15) is 12.8 Å². The molecule has 0 radical (unpaired) electrons. The van der Waals surface area contributed by atoms with E-state index in [-0.39, 0.29) is 12.5 Å². The molecule has 2 rings (SSSR count). The van der Waals surface area contributed by atoms with Crippen molar-refractivity contribution < 1.29 is 10.0 Å². The first kappa shape index (κ1) is 8.69. The molecule has 72 valence electrons. The van der Waals surface area contributed by atoms with E-state index in [2.05, 4.69) is 12.2 Å². The van der Waals surface area contributed by atoms with Gasteiger partial charge in [-0.2, -0.15) is 0 Å². The van der Waals surface area contributed by atoms with Gasteiger partial charge in [0, 0.05) is 4.92 Å². The summed E-state index contributed by atoms with van der Waals surface area (Å²) in [6.07, 6.45) is 5.52. The van der Waals surface area contributed by atoms with Crippen LogP contribution in [0.4, 0.5) is 0 Å². The molecule has 2 aliphatic carbocycles. The molecule has 1 fully saturated rings. The highest BCUT2D eigenvalue weighted by Crippen LogP contribution is 2.44.